The Hall–Kier alpha value is -1.74. The summed E-state index contributed by atoms with van der Waals surface area (Å²) in [4.78, 5) is 2.50. The number of likely N-dealkylation sites (N-methyl/N-ethyl adjacent to an activating group) is 1. The molecule has 0 spiro atoms. The number of rotatable bonds is 5. The standard InChI is InChI=1S/C19H25NO2/c1-4-13-22-17-14-15(8-9-16(17)21-3)19-10-6-5-7-18(19)20(2)12-11-19/h4,6,8-10,14,18H,1,5,7,11-13H2,2-3H3/t18-,19-/m0/s1. The smallest absolute Gasteiger partial charge is 0.161 e. The van der Waals surface area contributed by atoms with Crippen molar-refractivity contribution in [2.75, 3.05) is 27.3 Å². The molecule has 0 unspecified atom stereocenters. The third-order valence-electron chi connectivity index (χ3n) is 5.08. The molecule has 118 valence electrons. The van der Waals surface area contributed by atoms with Gasteiger partial charge in [-0.25, -0.2) is 0 Å². The molecular weight excluding hydrogens is 274 g/mol. The number of likely N-dealkylation sites (tertiary alicyclic amines) is 1. The fourth-order valence-electron chi connectivity index (χ4n) is 3.96. The highest BCUT2D eigenvalue weighted by atomic mass is 16.5. The van der Waals surface area contributed by atoms with E-state index in [1.165, 1.54) is 18.4 Å². The molecule has 0 bridgehead atoms. The molecule has 0 N–H and O–H groups in total. The van der Waals surface area contributed by atoms with E-state index in [-0.39, 0.29) is 5.41 Å². The van der Waals surface area contributed by atoms with Crippen molar-refractivity contribution in [3.8, 4) is 11.5 Å². The van der Waals surface area contributed by atoms with Crippen LogP contribution in [0.4, 0.5) is 0 Å². The van der Waals surface area contributed by atoms with E-state index in [0.29, 0.717) is 12.6 Å². The zero-order valence-corrected chi connectivity index (χ0v) is 13.5. The van der Waals surface area contributed by atoms with Crippen LogP contribution in [0, 0.1) is 0 Å². The van der Waals surface area contributed by atoms with Gasteiger partial charge in [-0.3, -0.25) is 0 Å². The number of allylic oxidation sites excluding steroid dienone is 1. The third-order valence-corrected chi connectivity index (χ3v) is 5.08. The van der Waals surface area contributed by atoms with Crippen molar-refractivity contribution in [3.63, 3.8) is 0 Å². The van der Waals surface area contributed by atoms with E-state index in [4.69, 9.17) is 9.47 Å². The fourth-order valence-corrected chi connectivity index (χ4v) is 3.96. The zero-order chi connectivity index (χ0) is 15.6. The SMILES string of the molecule is C=CCOc1cc([C@@]23C=CCC[C@@H]2N(C)CC3)ccc1OC. The lowest BCUT2D eigenvalue weighted by Crippen LogP contribution is -2.41. The Morgan fingerprint density at radius 1 is 1.41 bits per heavy atom. The Morgan fingerprint density at radius 2 is 2.27 bits per heavy atom. The maximum Gasteiger partial charge on any atom is 0.161 e. The molecule has 2 atom stereocenters. The Labute approximate surface area is 133 Å². The lowest BCUT2D eigenvalue weighted by molar-refractivity contribution is 0.248. The molecule has 1 saturated heterocycles. The van der Waals surface area contributed by atoms with Crippen LogP contribution in [0.3, 0.4) is 0 Å². The molecule has 3 heteroatoms. The molecule has 1 fully saturated rings. The van der Waals surface area contributed by atoms with Gasteiger partial charge in [0.2, 0.25) is 0 Å². The molecule has 3 nitrogen and oxygen atoms in total. The average Bonchev–Trinajstić information content (AvgIpc) is 2.91. The summed E-state index contributed by atoms with van der Waals surface area (Å²) in [5, 5.41) is 0. The van der Waals surface area contributed by atoms with Crippen LogP contribution in [0.25, 0.3) is 0 Å². The Morgan fingerprint density at radius 3 is 3.05 bits per heavy atom. The summed E-state index contributed by atoms with van der Waals surface area (Å²) in [5.41, 5.74) is 1.45. The summed E-state index contributed by atoms with van der Waals surface area (Å²) < 4.78 is 11.2. The van der Waals surface area contributed by atoms with E-state index < -0.39 is 0 Å². The number of benzene rings is 1. The van der Waals surface area contributed by atoms with Crippen LogP contribution in [0.15, 0.2) is 43.0 Å². The van der Waals surface area contributed by atoms with Crippen LogP contribution in [-0.2, 0) is 5.41 Å². The summed E-state index contributed by atoms with van der Waals surface area (Å²) in [6, 6.07) is 6.96. The van der Waals surface area contributed by atoms with Crippen LogP contribution in [0.1, 0.15) is 24.8 Å². The van der Waals surface area contributed by atoms with Gasteiger partial charge in [-0.15, -0.1) is 0 Å². The van der Waals surface area contributed by atoms with Crippen molar-refractivity contribution in [1.29, 1.82) is 0 Å². The molecular formula is C19H25NO2. The predicted molar refractivity (Wildman–Crippen MR) is 89.8 cm³/mol. The lowest BCUT2D eigenvalue weighted by atomic mass is 9.70. The fraction of sp³-hybridized carbons (Fsp3) is 0.474. The Kier molecular flexibility index (Phi) is 4.25. The van der Waals surface area contributed by atoms with Crippen molar-refractivity contribution in [2.45, 2.75) is 30.7 Å². The van der Waals surface area contributed by atoms with Gasteiger partial charge in [-0.05, 0) is 50.6 Å². The normalized spacial score (nSPS) is 27.5. The first-order chi connectivity index (χ1) is 10.7. The molecule has 3 rings (SSSR count). The second kappa shape index (κ2) is 6.17. The molecule has 0 amide bonds. The van der Waals surface area contributed by atoms with E-state index in [1.54, 1.807) is 13.2 Å². The van der Waals surface area contributed by atoms with E-state index in [2.05, 4.69) is 42.8 Å². The van der Waals surface area contributed by atoms with Crippen molar-refractivity contribution in [2.24, 2.45) is 0 Å². The van der Waals surface area contributed by atoms with E-state index in [1.807, 2.05) is 6.07 Å². The highest BCUT2D eigenvalue weighted by molar-refractivity contribution is 5.48. The third kappa shape index (κ3) is 2.44. The Bertz CT molecular complexity index is 581. The largest absolute Gasteiger partial charge is 0.493 e. The number of ether oxygens (including phenoxy) is 2. The van der Waals surface area contributed by atoms with E-state index >= 15 is 0 Å². The van der Waals surface area contributed by atoms with Gasteiger partial charge in [0.25, 0.3) is 0 Å². The summed E-state index contributed by atoms with van der Waals surface area (Å²) >= 11 is 0. The van der Waals surface area contributed by atoms with E-state index in [9.17, 15) is 0 Å². The molecule has 22 heavy (non-hydrogen) atoms. The number of hydrogen-bond donors (Lipinski definition) is 0. The van der Waals surface area contributed by atoms with Gasteiger partial charge in [-0.1, -0.05) is 30.9 Å². The molecule has 1 heterocycles. The van der Waals surface area contributed by atoms with Crippen molar-refractivity contribution < 1.29 is 9.47 Å². The van der Waals surface area contributed by atoms with Crippen molar-refractivity contribution in [3.05, 3.63) is 48.6 Å². The molecule has 0 saturated carbocycles. The number of nitrogens with zero attached hydrogens (tertiary/aromatic N) is 1. The molecule has 1 aliphatic heterocycles. The Balaban J connectivity index is 2.01. The molecule has 0 aromatic heterocycles. The topological polar surface area (TPSA) is 21.7 Å². The maximum atomic E-state index is 5.80. The molecule has 1 aliphatic carbocycles. The zero-order valence-electron chi connectivity index (χ0n) is 13.5. The molecule has 1 aromatic carbocycles. The maximum absolute atomic E-state index is 5.80. The minimum Gasteiger partial charge on any atom is -0.493 e. The second-order valence-corrected chi connectivity index (χ2v) is 6.23. The summed E-state index contributed by atoms with van der Waals surface area (Å²) in [6.45, 7) is 5.36. The van der Waals surface area contributed by atoms with Gasteiger partial charge in [0.05, 0.1) is 7.11 Å². The highest BCUT2D eigenvalue weighted by Crippen LogP contribution is 2.46. The molecule has 1 aromatic rings. The summed E-state index contributed by atoms with van der Waals surface area (Å²) in [5.74, 6) is 1.59. The molecule has 0 radical (unpaired) electrons. The van der Waals surface area contributed by atoms with Crippen LogP contribution in [0.2, 0.25) is 0 Å². The van der Waals surface area contributed by atoms with Crippen LogP contribution in [-0.4, -0.2) is 38.3 Å². The molecule has 2 aliphatic rings. The number of fused-ring (bicyclic) bond motifs is 1. The first kappa shape index (κ1) is 15.2. The van der Waals surface area contributed by atoms with Gasteiger partial charge < -0.3 is 14.4 Å². The van der Waals surface area contributed by atoms with Gasteiger partial charge in [0.1, 0.15) is 6.61 Å². The van der Waals surface area contributed by atoms with Crippen molar-refractivity contribution in [1.82, 2.24) is 4.90 Å². The van der Waals surface area contributed by atoms with Crippen molar-refractivity contribution >= 4 is 0 Å². The average molecular weight is 299 g/mol. The second-order valence-electron chi connectivity index (χ2n) is 6.23. The van der Waals surface area contributed by atoms with E-state index in [0.717, 1.165) is 24.5 Å². The van der Waals surface area contributed by atoms with Gasteiger partial charge in [-0.2, -0.15) is 0 Å². The van der Waals surface area contributed by atoms with Gasteiger partial charge in [0, 0.05) is 11.5 Å². The minimum atomic E-state index is 0.117. The van der Waals surface area contributed by atoms with Gasteiger partial charge >= 0.3 is 0 Å². The van der Waals surface area contributed by atoms with Crippen LogP contribution < -0.4 is 9.47 Å². The monoisotopic (exact) mass is 299 g/mol. The summed E-state index contributed by atoms with van der Waals surface area (Å²) in [6.07, 6.45) is 10.1. The van der Waals surface area contributed by atoms with Crippen LogP contribution >= 0.6 is 0 Å². The number of methoxy groups -OCH3 is 1. The van der Waals surface area contributed by atoms with Gasteiger partial charge in [0.15, 0.2) is 11.5 Å². The summed E-state index contributed by atoms with van der Waals surface area (Å²) in [7, 11) is 3.92. The quantitative estimate of drug-likeness (QED) is 0.776. The van der Waals surface area contributed by atoms with Crippen LogP contribution in [0.5, 0.6) is 11.5 Å². The number of hydrogen-bond acceptors (Lipinski definition) is 3. The lowest BCUT2D eigenvalue weighted by Gasteiger charge is -2.38. The minimum absolute atomic E-state index is 0.117. The highest BCUT2D eigenvalue weighted by Gasteiger charge is 2.46. The first-order valence-corrected chi connectivity index (χ1v) is 8.01. The predicted octanol–water partition coefficient (Wildman–Crippen LogP) is 3.55. The first-order valence-electron chi connectivity index (χ1n) is 8.01.